The Balaban J connectivity index is 1.79. The van der Waals surface area contributed by atoms with Crippen molar-refractivity contribution in [3.8, 4) is 5.75 Å². The molecule has 0 saturated carbocycles. The molecule has 0 aliphatic rings. The third-order valence-electron chi connectivity index (χ3n) is 5.57. The maximum absolute atomic E-state index is 13.5. The second-order valence-corrected chi connectivity index (χ2v) is 13.6. The van der Waals surface area contributed by atoms with Crippen LogP contribution in [-0.4, -0.2) is 77.9 Å². The number of azo groups is 1. The van der Waals surface area contributed by atoms with E-state index in [1.54, 1.807) is 42.5 Å². The van der Waals surface area contributed by atoms with Crippen molar-refractivity contribution < 1.29 is 48.1 Å². The van der Waals surface area contributed by atoms with Gasteiger partial charge in [0.25, 0.3) is 16.0 Å². The van der Waals surface area contributed by atoms with Crippen molar-refractivity contribution >= 4 is 59.0 Å². The largest absolute Gasteiger partial charge is 0.494 e. The van der Waals surface area contributed by atoms with E-state index < -0.39 is 60.3 Å². The third-order valence-corrected chi connectivity index (χ3v) is 8.14. The predicted molar refractivity (Wildman–Crippen MR) is 158 cm³/mol. The first kappa shape index (κ1) is 33.6. The number of rotatable bonds is 15. The highest BCUT2D eigenvalue weighted by Crippen LogP contribution is 2.32. The van der Waals surface area contributed by atoms with E-state index in [1.807, 2.05) is 0 Å². The van der Waals surface area contributed by atoms with Crippen molar-refractivity contribution in [1.82, 2.24) is 0 Å². The van der Waals surface area contributed by atoms with Crippen LogP contribution in [0.15, 0.2) is 83.0 Å². The Morgan fingerprint density at radius 1 is 0.884 bits per heavy atom. The van der Waals surface area contributed by atoms with E-state index in [4.69, 9.17) is 13.8 Å². The zero-order valence-corrected chi connectivity index (χ0v) is 25.0. The molecule has 232 valence electrons. The van der Waals surface area contributed by atoms with Crippen LogP contribution in [-0.2, 0) is 34.5 Å². The van der Waals surface area contributed by atoms with Crippen LogP contribution in [0, 0.1) is 0 Å². The topological polar surface area (TPSA) is 218 Å². The summed E-state index contributed by atoms with van der Waals surface area (Å²) in [4.78, 5) is 14.8. The average molecular weight is 657 g/mol. The van der Waals surface area contributed by atoms with Gasteiger partial charge < -0.3 is 15.0 Å². The Kier molecular flexibility index (Phi) is 11.3. The Morgan fingerprint density at radius 3 is 2.26 bits per heavy atom. The summed E-state index contributed by atoms with van der Waals surface area (Å²) >= 11 is 0. The number of carbonyl (C=O) groups is 1. The van der Waals surface area contributed by atoms with Gasteiger partial charge in [0.05, 0.1) is 30.9 Å². The summed E-state index contributed by atoms with van der Waals surface area (Å²) < 4.78 is 95.2. The fraction of sp³-hybridized carbons (Fsp3) is 0.240. The Morgan fingerprint density at radius 2 is 1.60 bits per heavy atom. The van der Waals surface area contributed by atoms with Crippen LogP contribution in [0.3, 0.4) is 0 Å². The second-order valence-electron chi connectivity index (χ2n) is 8.73. The normalized spacial score (nSPS) is 12.3. The van der Waals surface area contributed by atoms with Crippen molar-refractivity contribution in [2.75, 3.05) is 47.9 Å². The minimum atomic E-state index is -4.79. The lowest BCUT2D eigenvalue weighted by atomic mass is 10.1. The summed E-state index contributed by atoms with van der Waals surface area (Å²) in [5.41, 5.74) is 1.49. The van der Waals surface area contributed by atoms with Gasteiger partial charge in [-0.25, -0.2) is 12.6 Å². The molecule has 0 radical (unpaired) electrons. The van der Waals surface area contributed by atoms with Gasteiger partial charge in [0.2, 0.25) is 0 Å². The zero-order chi connectivity index (χ0) is 31.7. The van der Waals surface area contributed by atoms with E-state index in [1.165, 1.54) is 42.3 Å². The maximum Gasteiger partial charge on any atom is 0.397 e. The second kappa shape index (κ2) is 14.5. The molecule has 3 aromatic rings. The van der Waals surface area contributed by atoms with E-state index in [2.05, 4.69) is 19.7 Å². The van der Waals surface area contributed by atoms with Gasteiger partial charge in [-0.1, -0.05) is 24.3 Å². The summed E-state index contributed by atoms with van der Waals surface area (Å²) in [6.07, 6.45) is 0. The molecule has 0 heterocycles. The van der Waals surface area contributed by atoms with Crippen LogP contribution in [0.4, 0.5) is 22.7 Å². The van der Waals surface area contributed by atoms with Crippen molar-refractivity contribution in [3.05, 3.63) is 78.4 Å². The quantitative estimate of drug-likeness (QED) is 0.159. The molecule has 3 aromatic carbocycles. The molecule has 0 bridgehead atoms. The highest BCUT2D eigenvalue weighted by molar-refractivity contribution is 7.91. The molecule has 0 fully saturated rings. The van der Waals surface area contributed by atoms with Crippen LogP contribution < -0.4 is 15.0 Å². The molecule has 0 saturated heterocycles. The number of methoxy groups -OCH3 is 1. The molecule has 43 heavy (non-hydrogen) atoms. The first-order valence-electron chi connectivity index (χ1n) is 12.2. The number of nitrogens with zero attached hydrogens (tertiary/aromatic N) is 3. The molecule has 0 aromatic heterocycles. The molecule has 18 heteroatoms. The fourth-order valence-corrected chi connectivity index (χ4v) is 5.32. The van der Waals surface area contributed by atoms with E-state index in [0.717, 1.165) is 0 Å². The van der Waals surface area contributed by atoms with Crippen molar-refractivity contribution in [3.63, 3.8) is 0 Å². The number of sulfone groups is 1. The number of carbonyl (C=O) groups excluding carboxylic acids is 1. The standard InChI is InChI=1S/C25H28N4O11S3/c1-39-24-17-20(26-18-42(33,34)35)10-11-23(24)28-27-21-7-5-6-19(16-21)25(30)29(22-8-3-2-4-9-22)12-14-41(31,32)15-13-40-43(36,37)38/h2-11,16-17,26H,12-15,18H2,1H3,(H,33,34,35)(H,36,37,38)/b28-27+. The van der Waals surface area contributed by atoms with Crippen LogP contribution >= 0.6 is 0 Å². The lowest BCUT2D eigenvalue weighted by molar-refractivity contribution is 0.0988. The highest BCUT2D eigenvalue weighted by Gasteiger charge is 2.22. The molecule has 3 rings (SSSR count). The number of hydrogen-bond acceptors (Lipinski definition) is 12. The first-order chi connectivity index (χ1) is 20.2. The van der Waals surface area contributed by atoms with Crippen LogP contribution in [0.2, 0.25) is 0 Å². The molecule has 0 aliphatic carbocycles. The number of hydrogen-bond donors (Lipinski definition) is 3. The molecule has 0 atom stereocenters. The number of amides is 1. The summed E-state index contributed by atoms with van der Waals surface area (Å²) in [7, 11) is -11.5. The van der Waals surface area contributed by atoms with Gasteiger partial charge in [0, 0.05) is 29.5 Å². The maximum atomic E-state index is 13.5. The van der Waals surface area contributed by atoms with Gasteiger partial charge in [-0.2, -0.15) is 21.9 Å². The van der Waals surface area contributed by atoms with E-state index in [9.17, 15) is 30.0 Å². The Bertz CT molecular complexity index is 1780. The van der Waals surface area contributed by atoms with Gasteiger partial charge in [0.1, 0.15) is 17.3 Å². The number of ether oxygens (including phenoxy) is 1. The number of para-hydroxylation sites is 1. The number of anilines is 2. The van der Waals surface area contributed by atoms with Gasteiger partial charge in [-0.05, 0) is 42.5 Å². The SMILES string of the molecule is COc1cc(NCS(=O)(=O)O)ccc1/N=N/c1cccc(C(=O)N(CCS(=O)(=O)CCOS(=O)(=O)O)c2ccccc2)c1. The molecule has 1 amide bonds. The molecular formula is C25H28N4O11S3. The summed E-state index contributed by atoms with van der Waals surface area (Å²) in [5, 5.41) is 10.8. The highest BCUT2D eigenvalue weighted by atomic mass is 32.3. The smallest absolute Gasteiger partial charge is 0.397 e. The van der Waals surface area contributed by atoms with Crippen LogP contribution in [0.1, 0.15) is 10.4 Å². The Labute approximate surface area is 248 Å². The fourth-order valence-electron chi connectivity index (χ4n) is 3.57. The monoisotopic (exact) mass is 656 g/mol. The summed E-state index contributed by atoms with van der Waals surface area (Å²) in [6, 6.07) is 18.9. The molecule has 3 N–H and O–H groups in total. The Hall–Kier alpha value is -3.94. The molecule has 0 spiro atoms. The zero-order valence-electron chi connectivity index (χ0n) is 22.6. The van der Waals surface area contributed by atoms with Gasteiger partial charge >= 0.3 is 10.4 Å². The number of nitrogens with one attached hydrogen (secondary N) is 1. The molecule has 15 nitrogen and oxygen atoms in total. The van der Waals surface area contributed by atoms with Crippen molar-refractivity contribution in [2.45, 2.75) is 0 Å². The third kappa shape index (κ3) is 11.3. The van der Waals surface area contributed by atoms with E-state index in [-0.39, 0.29) is 29.2 Å². The van der Waals surface area contributed by atoms with Crippen LogP contribution in [0.5, 0.6) is 5.75 Å². The van der Waals surface area contributed by atoms with Gasteiger partial charge in [0.15, 0.2) is 9.84 Å². The lowest BCUT2D eigenvalue weighted by Gasteiger charge is -2.23. The summed E-state index contributed by atoms with van der Waals surface area (Å²) in [6.45, 7) is -1.04. The summed E-state index contributed by atoms with van der Waals surface area (Å²) in [5.74, 6) is -2.21. The molecular weight excluding hydrogens is 628 g/mol. The van der Waals surface area contributed by atoms with E-state index >= 15 is 0 Å². The van der Waals surface area contributed by atoms with Gasteiger partial charge in [-0.3, -0.25) is 13.9 Å². The van der Waals surface area contributed by atoms with Gasteiger partial charge in [-0.15, -0.1) is 5.11 Å². The van der Waals surface area contributed by atoms with Crippen molar-refractivity contribution in [1.29, 1.82) is 0 Å². The molecule has 0 aliphatic heterocycles. The minimum Gasteiger partial charge on any atom is -0.494 e. The van der Waals surface area contributed by atoms with Crippen molar-refractivity contribution in [2.24, 2.45) is 10.2 Å². The molecule has 0 unspecified atom stereocenters. The first-order valence-corrected chi connectivity index (χ1v) is 17.0. The van der Waals surface area contributed by atoms with E-state index in [0.29, 0.717) is 11.4 Å². The number of benzene rings is 3. The average Bonchev–Trinajstić information content (AvgIpc) is 2.94. The lowest BCUT2D eigenvalue weighted by Crippen LogP contribution is -2.36. The van der Waals surface area contributed by atoms with Crippen LogP contribution in [0.25, 0.3) is 0 Å². The minimum absolute atomic E-state index is 0.170. The predicted octanol–water partition coefficient (Wildman–Crippen LogP) is 3.25.